The standard InChI is InChI=1S/C6H8O7.Pr/c7-3(8)1-6(13,5(11)12)2-4(9)10;/h13H,1-2H2,(H,7,8)(H,9,10)(H,11,12);. The van der Waals surface area contributed by atoms with Crippen molar-refractivity contribution < 1.29 is 76.1 Å². The molecule has 0 heterocycles. The number of carboxylic acids is 3. The van der Waals surface area contributed by atoms with Gasteiger partial charge in [-0.15, -0.1) is 0 Å². The quantitative estimate of drug-likeness (QED) is 0.494. The SMILES string of the molecule is O=C(O)CC(O)(CC(=O)O)C(=O)O.[Pr]. The Bertz CT molecular complexity index is 233. The molecule has 0 aromatic carbocycles. The van der Waals surface area contributed by atoms with Gasteiger partial charge in [-0.25, -0.2) is 4.79 Å². The molecule has 0 aliphatic rings. The van der Waals surface area contributed by atoms with Gasteiger partial charge in [-0.1, -0.05) is 0 Å². The van der Waals surface area contributed by atoms with Crippen LogP contribution in [0.2, 0.25) is 0 Å². The zero-order chi connectivity index (χ0) is 10.6. The maximum Gasteiger partial charge on any atom is 0.336 e. The summed E-state index contributed by atoms with van der Waals surface area (Å²) in [5.41, 5.74) is -2.74. The Balaban J connectivity index is 0. The Kier molecular flexibility index (Phi) is 7.23. The van der Waals surface area contributed by atoms with Crippen LogP contribution in [0.15, 0.2) is 0 Å². The van der Waals surface area contributed by atoms with E-state index in [0.717, 1.165) is 0 Å². The maximum absolute atomic E-state index is 10.3. The summed E-state index contributed by atoms with van der Waals surface area (Å²) >= 11 is 0. The van der Waals surface area contributed by atoms with Gasteiger partial charge in [0, 0.05) is 41.3 Å². The molecule has 0 aliphatic carbocycles. The van der Waals surface area contributed by atoms with Gasteiger partial charge >= 0.3 is 17.9 Å². The minimum Gasteiger partial charge on any atom is -0.481 e. The van der Waals surface area contributed by atoms with Gasteiger partial charge in [0.05, 0.1) is 12.8 Å². The van der Waals surface area contributed by atoms with E-state index in [1.807, 2.05) is 0 Å². The van der Waals surface area contributed by atoms with E-state index in [-0.39, 0.29) is 41.3 Å². The van der Waals surface area contributed by atoms with Crippen LogP contribution in [0, 0.1) is 41.3 Å². The summed E-state index contributed by atoms with van der Waals surface area (Å²) in [4.78, 5) is 30.5. The third kappa shape index (κ3) is 5.46. The molecule has 77 valence electrons. The number of aliphatic carboxylic acids is 3. The van der Waals surface area contributed by atoms with E-state index in [2.05, 4.69) is 0 Å². The maximum atomic E-state index is 10.3. The molecule has 14 heavy (non-hydrogen) atoms. The van der Waals surface area contributed by atoms with E-state index in [1.165, 1.54) is 0 Å². The second-order valence-corrected chi connectivity index (χ2v) is 2.48. The van der Waals surface area contributed by atoms with Crippen molar-refractivity contribution in [2.45, 2.75) is 18.4 Å². The summed E-state index contributed by atoms with van der Waals surface area (Å²) in [6.45, 7) is 0. The molecule has 4 N–H and O–H groups in total. The fraction of sp³-hybridized carbons (Fsp3) is 0.500. The zero-order valence-electron chi connectivity index (χ0n) is 7.01. The normalized spacial score (nSPS) is 10.1. The van der Waals surface area contributed by atoms with Crippen LogP contribution in [-0.2, 0) is 14.4 Å². The minimum absolute atomic E-state index is 0. The number of rotatable bonds is 5. The first-order valence-corrected chi connectivity index (χ1v) is 3.17. The van der Waals surface area contributed by atoms with Gasteiger partial charge < -0.3 is 20.4 Å². The van der Waals surface area contributed by atoms with Gasteiger partial charge in [0.1, 0.15) is 0 Å². The molecule has 0 aromatic rings. The Hall–Kier alpha value is -0.266. The molecule has 7 nitrogen and oxygen atoms in total. The molecule has 0 saturated carbocycles. The first-order chi connectivity index (χ1) is 5.78. The van der Waals surface area contributed by atoms with Gasteiger partial charge in [0.25, 0.3) is 0 Å². The number of hydrogen-bond acceptors (Lipinski definition) is 4. The summed E-state index contributed by atoms with van der Waals surface area (Å²) in [5, 5.41) is 33.8. The van der Waals surface area contributed by atoms with Gasteiger partial charge in [-0.05, 0) is 0 Å². The van der Waals surface area contributed by atoms with E-state index in [1.54, 1.807) is 0 Å². The van der Waals surface area contributed by atoms with Crippen LogP contribution in [0.25, 0.3) is 0 Å². The van der Waals surface area contributed by atoms with Crippen LogP contribution >= 0.6 is 0 Å². The molecule has 0 spiro atoms. The molecular formula is C6H8O7Pr. The largest absolute Gasteiger partial charge is 0.481 e. The number of aliphatic hydroxyl groups is 1. The van der Waals surface area contributed by atoms with Gasteiger partial charge in [-0.3, -0.25) is 9.59 Å². The second kappa shape index (κ2) is 6.26. The van der Waals surface area contributed by atoms with Crippen molar-refractivity contribution >= 4 is 17.9 Å². The van der Waals surface area contributed by atoms with E-state index in [4.69, 9.17) is 20.4 Å². The second-order valence-electron chi connectivity index (χ2n) is 2.48. The number of hydrogen-bond donors (Lipinski definition) is 4. The molecule has 0 rings (SSSR count). The van der Waals surface area contributed by atoms with Gasteiger partial charge in [0.15, 0.2) is 5.60 Å². The van der Waals surface area contributed by atoms with E-state index in [9.17, 15) is 14.4 Å². The Labute approximate surface area is 112 Å². The average Bonchev–Trinajstić information content (AvgIpc) is 1.82. The van der Waals surface area contributed by atoms with Crippen LogP contribution < -0.4 is 0 Å². The monoisotopic (exact) mass is 333 g/mol. The van der Waals surface area contributed by atoms with E-state index >= 15 is 0 Å². The van der Waals surface area contributed by atoms with Crippen LogP contribution in [0.5, 0.6) is 0 Å². The number of carboxylic acid groups (broad SMARTS) is 3. The predicted octanol–water partition coefficient (Wildman–Crippen LogP) is -1.25. The third-order valence-electron chi connectivity index (χ3n) is 1.29. The Morgan fingerprint density at radius 3 is 1.36 bits per heavy atom. The molecule has 8 heteroatoms. The van der Waals surface area contributed by atoms with Gasteiger partial charge in [-0.2, -0.15) is 0 Å². The topological polar surface area (TPSA) is 132 Å². The first-order valence-electron chi connectivity index (χ1n) is 3.17. The fourth-order valence-electron chi connectivity index (χ4n) is 0.714. The number of carbonyl (C=O) groups is 3. The van der Waals surface area contributed by atoms with Crippen molar-refractivity contribution in [3.8, 4) is 0 Å². The van der Waals surface area contributed by atoms with Crippen molar-refractivity contribution in [3.05, 3.63) is 0 Å². The molecule has 0 amide bonds. The van der Waals surface area contributed by atoms with Gasteiger partial charge in [0.2, 0.25) is 0 Å². The molecule has 0 unspecified atom stereocenters. The summed E-state index contributed by atoms with van der Waals surface area (Å²) in [6, 6.07) is 0. The Morgan fingerprint density at radius 1 is 0.929 bits per heavy atom. The summed E-state index contributed by atoms with van der Waals surface area (Å²) in [6.07, 6.45) is -2.29. The van der Waals surface area contributed by atoms with Crippen molar-refractivity contribution in [3.63, 3.8) is 0 Å². The van der Waals surface area contributed by atoms with Crippen LogP contribution in [-0.4, -0.2) is 43.9 Å². The molecule has 0 aliphatic heterocycles. The average molecular weight is 333 g/mol. The van der Waals surface area contributed by atoms with E-state index in [0.29, 0.717) is 0 Å². The first kappa shape index (κ1) is 16.2. The predicted molar refractivity (Wildman–Crippen MR) is 37.1 cm³/mol. The zero-order valence-corrected chi connectivity index (χ0v) is 10.7. The molecule has 0 aromatic heterocycles. The molecular weight excluding hydrogens is 325 g/mol. The molecule has 0 bridgehead atoms. The van der Waals surface area contributed by atoms with Crippen LogP contribution in [0.3, 0.4) is 0 Å². The van der Waals surface area contributed by atoms with Crippen molar-refractivity contribution in [1.82, 2.24) is 0 Å². The van der Waals surface area contributed by atoms with Crippen molar-refractivity contribution in [2.75, 3.05) is 0 Å². The van der Waals surface area contributed by atoms with Crippen molar-refractivity contribution in [1.29, 1.82) is 0 Å². The van der Waals surface area contributed by atoms with Crippen LogP contribution in [0.4, 0.5) is 0 Å². The minimum atomic E-state index is -2.74. The summed E-state index contributed by atoms with van der Waals surface area (Å²) < 4.78 is 0. The van der Waals surface area contributed by atoms with Crippen LogP contribution in [0.1, 0.15) is 12.8 Å². The smallest absolute Gasteiger partial charge is 0.336 e. The summed E-state index contributed by atoms with van der Waals surface area (Å²) in [5.74, 6) is -5.02. The molecule has 0 atom stereocenters. The Morgan fingerprint density at radius 2 is 1.21 bits per heavy atom. The molecule has 0 fully saturated rings. The fourth-order valence-corrected chi connectivity index (χ4v) is 0.714. The molecule has 0 saturated heterocycles. The van der Waals surface area contributed by atoms with Crippen molar-refractivity contribution in [2.24, 2.45) is 0 Å². The third-order valence-corrected chi connectivity index (χ3v) is 1.29. The summed E-state index contributed by atoms with van der Waals surface area (Å²) in [7, 11) is 0. The van der Waals surface area contributed by atoms with E-state index < -0.39 is 36.4 Å². The molecule has 1 radical (unpaired) electrons.